The predicted molar refractivity (Wildman–Crippen MR) is 69.0 cm³/mol. The second kappa shape index (κ2) is 5.49. The molecule has 1 aliphatic heterocycles. The number of thioether (sulfide) groups is 1. The lowest BCUT2D eigenvalue weighted by Crippen LogP contribution is -2.30. The van der Waals surface area contributed by atoms with E-state index in [4.69, 9.17) is 9.84 Å². The fourth-order valence-corrected chi connectivity index (χ4v) is 2.95. The third kappa shape index (κ3) is 2.70. The first kappa shape index (κ1) is 13.0. The summed E-state index contributed by atoms with van der Waals surface area (Å²) in [5, 5.41) is 20.8. The van der Waals surface area contributed by atoms with Gasteiger partial charge in [-0.05, 0) is 13.0 Å². The Morgan fingerprint density at radius 3 is 3.00 bits per heavy atom. The van der Waals surface area contributed by atoms with Gasteiger partial charge < -0.3 is 14.9 Å². The average molecular weight is 269 g/mol. The molecule has 5 nitrogen and oxygen atoms in total. The van der Waals surface area contributed by atoms with E-state index in [0.717, 1.165) is 5.56 Å². The average Bonchev–Trinajstić information content (AvgIpc) is 2.79. The van der Waals surface area contributed by atoms with Crippen molar-refractivity contribution in [3.05, 3.63) is 23.8 Å². The molecule has 0 radical (unpaired) electrons. The van der Waals surface area contributed by atoms with Gasteiger partial charge >= 0.3 is 5.97 Å². The van der Waals surface area contributed by atoms with E-state index < -0.39 is 11.3 Å². The number of ether oxygens (including phenoxy) is 1. The molecule has 1 heterocycles. The molecule has 1 aromatic carbocycles. The summed E-state index contributed by atoms with van der Waals surface area (Å²) >= 11 is 1.36. The maximum atomic E-state index is 10.9. The highest BCUT2D eigenvalue weighted by Gasteiger charge is 2.31. The van der Waals surface area contributed by atoms with Gasteiger partial charge in [0.25, 0.3) is 0 Å². The number of carboxylic acid groups (broad SMARTS) is 1. The number of rotatable bonds is 4. The molecule has 1 fully saturated rings. The van der Waals surface area contributed by atoms with E-state index in [1.54, 1.807) is 18.2 Å². The molecule has 0 amide bonds. The number of benzene rings is 1. The first-order chi connectivity index (χ1) is 8.61. The molecule has 18 heavy (non-hydrogen) atoms. The Bertz CT molecular complexity index is 452. The third-order valence-electron chi connectivity index (χ3n) is 2.68. The van der Waals surface area contributed by atoms with Gasteiger partial charge in [-0.2, -0.15) is 0 Å². The van der Waals surface area contributed by atoms with Crippen LogP contribution in [-0.4, -0.2) is 33.9 Å². The molecular weight excluding hydrogens is 254 g/mol. The van der Waals surface area contributed by atoms with Gasteiger partial charge in [0.1, 0.15) is 11.5 Å². The number of hydrogen-bond donors (Lipinski definition) is 3. The van der Waals surface area contributed by atoms with Crippen molar-refractivity contribution in [2.45, 2.75) is 18.3 Å². The Labute approximate surface area is 109 Å². The van der Waals surface area contributed by atoms with Crippen LogP contribution in [0.25, 0.3) is 0 Å². The summed E-state index contributed by atoms with van der Waals surface area (Å²) in [5.74, 6) is 0.547. The molecule has 0 aliphatic carbocycles. The van der Waals surface area contributed by atoms with Crippen molar-refractivity contribution in [2.75, 3.05) is 12.4 Å². The van der Waals surface area contributed by atoms with Crippen LogP contribution in [0.15, 0.2) is 18.2 Å². The van der Waals surface area contributed by atoms with Crippen LogP contribution in [-0.2, 0) is 4.79 Å². The van der Waals surface area contributed by atoms with Crippen molar-refractivity contribution >= 4 is 17.7 Å². The number of aliphatic carboxylic acids is 1. The minimum absolute atomic E-state index is 0.0711. The zero-order valence-corrected chi connectivity index (χ0v) is 10.7. The van der Waals surface area contributed by atoms with Gasteiger partial charge in [-0.25, -0.2) is 4.79 Å². The third-order valence-corrected chi connectivity index (χ3v) is 3.88. The quantitative estimate of drug-likeness (QED) is 0.770. The molecule has 0 spiro atoms. The SMILES string of the molecule is CCOc1cc(O)ccc1[C@H]1CS[C@H](C(=O)O)N1. The van der Waals surface area contributed by atoms with E-state index in [0.29, 0.717) is 18.1 Å². The van der Waals surface area contributed by atoms with Gasteiger partial charge in [-0.1, -0.05) is 6.07 Å². The van der Waals surface area contributed by atoms with E-state index in [2.05, 4.69) is 5.32 Å². The molecule has 1 aliphatic rings. The molecule has 1 saturated heterocycles. The molecule has 0 bridgehead atoms. The standard InChI is InChI=1S/C12H15NO4S/c1-2-17-10-5-7(14)3-4-8(10)9-6-18-11(13-9)12(15)16/h3-5,9,11,13-14H,2,6H2,1H3,(H,15,16)/t9-,11-/m1/s1. The van der Waals surface area contributed by atoms with Crippen LogP contribution in [0.3, 0.4) is 0 Å². The number of phenolic OH excluding ortho intramolecular Hbond substituents is 1. The molecule has 0 unspecified atom stereocenters. The number of carboxylic acids is 1. The number of phenols is 1. The summed E-state index contributed by atoms with van der Waals surface area (Å²) in [5.41, 5.74) is 0.880. The van der Waals surface area contributed by atoms with E-state index in [9.17, 15) is 9.90 Å². The van der Waals surface area contributed by atoms with Gasteiger partial charge in [0.15, 0.2) is 5.37 Å². The first-order valence-corrected chi connectivity index (χ1v) is 6.73. The summed E-state index contributed by atoms with van der Waals surface area (Å²) < 4.78 is 5.47. The number of hydrogen-bond acceptors (Lipinski definition) is 5. The van der Waals surface area contributed by atoms with Crippen LogP contribution in [0.4, 0.5) is 0 Å². The van der Waals surface area contributed by atoms with Gasteiger partial charge in [0.2, 0.25) is 0 Å². The molecule has 0 saturated carbocycles. The second-order valence-electron chi connectivity index (χ2n) is 3.93. The minimum Gasteiger partial charge on any atom is -0.508 e. The first-order valence-electron chi connectivity index (χ1n) is 5.68. The summed E-state index contributed by atoms with van der Waals surface area (Å²) in [4.78, 5) is 10.9. The second-order valence-corrected chi connectivity index (χ2v) is 5.06. The maximum absolute atomic E-state index is 10.9. The maximum Gasteiger partial charge on any atom is 0.331 e. The van der Waals surface area contributed by atoms with Crippen molar-refractivity contribution in [3.8, 4) is 11.5 Å². The zero-order chi connectivity index (χ0) is 13.1. The molecule has 98 valence electrons. The van der Waals surface area contributed by atoms with E-state index in [1.165, 1.54) is 11.8 Å². The van der Waals surface area contributed by atoms with Gasteiger partial charge in [0, 0.05) is 23.4 Å². The Balaban J connectivity index is 2.20. The normalized spacial score (nSPS) is 22.9. The smallest absolute Gasteiger partial charge is 0.331 e. The van der Waals surface area contributed by atoms with Crippen LogP contribution in [0.2, 0.25) is 0 Å². The lowest BCUT2D eigenvalue weighted by Gasteiger charge is -2.16. The highest BCUT2D eigenvalue weighted by atomic mass is 32.2. The summed E-state index contributed by atoms with van der Waals surface area (Å²) in [7, 11) is 0. The molecule has 6 heteroatoms. The van der Waals surface area contributed by atoms with Crippen LogP contribution < -0.4 is 10.1 Å². The lowest BCUT2D eigenvalue weighted by molar-refractivity contribution is -0.137. The van der Waals surface area contributed by atoms with Crippen molar-refractivity contribution < 1.29 is 19.7 Å². The summed E-state index contributed by atoms with van der Waals surface area (Å²) in [6.07, 6.45) is 0. The topological polar surface area (TPSA) is 78.8 Å². The number of carbonyl (C=O) groups is 1. The monoisotopic (exact) mass is 269 g/mol. The van der Waals surface area contributed by atoms with Crippen molar-refractivity contribution in [1.29, 1.82) is 0 Å². The Morgan fingerprint density at radius 1 is 1.61 bits per heavy atom. The van der Waals surface area contributed by atoms with Crippen molar-refractivity contribution in [1.82, 2.24) is 5.32 Å². The fraction of sp³-hybridized carbons (Fsp3) is 0.417. The highest BCUT2D eigenvalue weighted by molar-refractivity contribution is 8.00. The van der Waals surface area contributed by atoms with Crippen LogP contribution in [0.1, 0.15) is 18.5 Å². The van der Waals surface area contributed by atoms with Crippen molar-refractivity contribution in [2.24, 2.45) is 0 Å². The summed E-state index contributed by atoms with van der Waals surface area (Å²) in [6, 6.07) is 4.83. The lowest BCUT2D eigenvalue weighted by atomic mass is 10.1. The fourth-order valence-electron chi connectivity index (χ4n) is 1.88. The van der Waals surface area contributed by atoms with E-state index >= 15 is 0 Å². The van der Waals surface area contributed by atoms with Gasteiger partial charge in [0.05, 0.1) is 6.61 Å². The number of nitrogens with one attached hydrogen (secondary N) is 1. The van der Waals surface area contributed by atoms with E-state index in [1.807, 2.05) is 6.92 Å². The van der Waals surface area contributed by atoms with Gasteiger partial charge in [-0.3, -0.25) is 5.32 Å². The van der Waals surface area contributed by atoms with Crippen LogP contribution >= 0.6 is 11.8 Å². The molecular formula is C12H15NO4S. The highest BCUT2D eigenvalue weighted by Crippen LogP contribution is 2.35. The molecule has 1 aromatic rings. The largest absolute Gasteiger partial charge is 0.508 e. The minimum atomic E-state index is -0.862. The molecule has 3 N–H and O–H groups in total. The Hall–Kier alpha value is -1.40. The van der Waals surface area contributed by atoms with Crippen molar-refractivity contribution in [3.63, 3.8) is 0 Å². The van der Waals surface area contributed by atoms with Crippen LogP contribution in [0, 0.1) is 0 Å². The summed E-state index contributed by atoms with van der Waals surface area (Å²) in [6.45, 7) is 2.36. The van der Waals surface area contributed by atoms with E-state index in [-0.39, 0.29) is 11.8 Å². The van der Waals surface area contributed by atoms with Crippen LogP contribution in [0.5, 0.6) is 11.5 Å². The van der Waals surface area contributed by atoms with Gasteiger partial charge in [-0.15, -0.1) is 11.8 Å². The molecule has 2 rings (SSSR count). The predicted octanol–water partition coefficient (Wildman–Crippen LogP) is 1.58. The number of aromatic hydroxyl groups is 1. The zero-order valence-electron chi connectivity index (χ0n) is 9.92. The molecule has 2 atom stereocenters. The molecule has 0 aromatic heterocycles. The Kier molecular flexibility index (Phi) is 3.98. The Morgan fingerprint density at radius 2 is 2.39 bits per heavy atom.